The van der Waals surface area contributed by atoms with Crippen LogP contribution in [0.3, 0.4) is 0 Å². The lowest BCUT2D eigenvalue weighted by Crippen LogP contribution is -2.21. The van der Waals surface area contributed by atoms with Gasteiger partial charge in [-0.25, -0.2) is 0 Å². The highest BCUT2D eigenvalue weighted by molar-refractivity contribution is 9.10. The van der Waals surface area contributed by atoms with Gasteiger partial charge in [0.1, 0.15) is 5.78 Å². The second-order valence-corrected chi connectivity index (χ2v) is 5.44. The minimum Gasteiger partial charge on any atom is -0.366 e. The Labute approximate surface area is 104 Å². The number of benzene rings is 1. The van der Waals surface area contributed by atoms with Crippen LogP contribution in [0.1, 0.15) is 37.8 Å². The van der Waals surface area contributed by atoms with Crippen molar-refractivity contribution in [3.05, 3.63) is 33.8 Å². The third kappa shape index (κ3) is 2.20. The summed E-state index contributed by atoms with van der Waals surface area (Å²) in [4.78, 5) is 11.0. The molecule has 0 saturated heterocycles. The molecule has 2 rings (SSSR count). The van der Waals surface area contributed by atoms with Crippen LogP contribution in [-0.2, 0) is 21.7 Å². The number of hydrogen-bond acceptors (Lipinski definition) is 2. The second kappa shape index (κ2) is 4.30. The van der Waals surface area contributed by atoms with Gasteiger partial charge in [-0.1, -0.05) is 22.0 Å². The Kier molecular flexibility index (Phi) is 3.17. The quantitative estimate of drug-likeness (QED) is 0.847. The number of fused-ring (bicyclic) bond motifs is 1. The first-order valence-corrected chi connectivity index (χ1v) is 6.23. The molecule has 0 fully saturated rings. The first-order valence-electron chi connectivity index (χ1n) is 5.43. The van der Waals surface area contributed by atoms with E-state index in [9.17, 15) is 4.79 Å². The number of carbonyl (C=O) groups is 1. The number of halogens is 1. The molecule has 0 aromatic heterocycles. The summed E-state index contributed by atoms with van der Waals surface area (Å²) < 4.78 is 6.92. The number of rotatable bonds is 3. The smallest absolute Gasteiger partial charge is 0.129 e. The van der Waals surface area contributed by atoms with E-state index in [1.807, 2.05) is 6.07 Å². The van der Waals surface area contributed by atoms with Crippen LogP contribution >= 0.6 is 15.9 Å². The van der Waals surface area contributed by atoms with Crippen molar-refractivity contribution >= 4 is 21.7 Å². The Morgan fingerprint density at radius 2 is 2.31 bits per heavy atom. The van der Waals surface area contributed by atoms with Crippen LogP contribution in [0.15, 0.2) is 22.7 Å². The molecule has 0 N–H and O–H groups in total. The number of hydrogen-bond donors (Lipinski definition) is 0. The van der Waals surface area contributed by atoms with E-state index in [1.54, 1.807) is 6.92 Å². The molecule has 1 atom stereocenters. The fraction of sp³-hybridized carbons (Fsp3) is 0.462. The van der Waals surface area contributed by atoms with E-state index < -0.39 is 0 Å². The molecular formula is C13H15BrO2. The molecule has 0 radical (unpaired) electrons. The first-order chi connectivity index (χ1) is 7.51. The molecule has 0 bridgehead atoms. The average Bonchev–Trinajstić information content (AvgIpc) is 2.54. The normalized spacial score (nSPS) is 23.2. The summed E-state index contributed by atoms with van der Waals surface area (Å²) in [7, 11) is 0. The molecule has 16 heavy (non-hydrogen) atoms. The van der Waals surface area contributed by atoms with Gasteiger partial charge in [0, 0.05) is 10.9 Å². The monoisotopic (exact) mass is 282 g/mol. The van der Waals surface area contributed by atoms with E-state index in [1.165, 1.54) is 11.1 Å². The molecule has 1 unspecified atom stereocenters. The van der Waals surface area contributed by atoms with Crippen LogP contribution in [0.25, 0.3) is 0 Å². The predicted molar refractivity (Wildman–Crippen MR) is 66.2 cm³/mol. The molecule has 0 spiro atoms. The van der Waals surface area contributed by atoms with Crippen molar-refractivity contribution in [1.29, 1.82) is 0 Å². The van der Waals surface area contributed by atoms with Crippen molar-refractivity contribution in [3.63, 3.8) is 0 Å². The number of ether oxygens (including phenoxy) is 1. The molecule has 1 aromatic rings. The third-order valence-electron chi connectivity index (χ3n) is 3.14. The van der Waals surface area contributed by atoms with Crippen molar-refractivity contribution in [2.45, 2.75) is 38.9 Å². The number of carbonyl (C=O) groups excluding carboxylic acids is 1. The van der Waals surface area contributed by atoms with Crippen molar-refractivity contribution in [1.82, 2.24) is 0 Å². The van der Waals surface area contributed by atoms with E-state index >= 15 is 0 Å². The lowest BCUT2D eigenvalue weighted by atomic mass is 9.89. The number of Topliss-reactive ketones (excluding diaryl/α,β-unsaturated/α-hetero) is 1. The summed E-state index contributed by atoms with van der Waals surface area (Å²) in [6.45, 7) is 4.33. The SMILES string of the molecule is CC(=O)CCC1(C)OCc2cc(Br)ccc21. The summed E-state index contributed by atoms with van der Waals surface area (Å²) >= 11 is 3.45. The minimum absolute atomic E-state index is 0.218. The topological polar surface area (TPSA) is 26.3 Å². The van der Waals surface area contributed by atoms with Gasteiger partial charge in [-0.05, 0) is 43.5 Å². The molecule has 0 saturated carbocycles. The summed E-state index contributed by atoms with van der Waals surface area (Å²) in [5.41, 5.74) is 2.15. The van der Waals surface area contributed by atoms with Crippen LogP contribution in [0.2, 0.25) is 0 Å². The predicted octanol–water partition coefficient (Wildman–Crippen LogP) is 3.56. The summed E-state index contributed by atoms with van der Waals surface area (Å²) in [5, 5.41) is 0. The maximum absolute atomic E-state index is 11.0. The fourth-order valence-electron chi connectivity index (χ4n) is 2.13. The Hall–Kier alpha value is -0.670. The van der Waals surface area contributed by atoms with Crippen LogP contribution in [0.4, 0.5) is 0 Å². The van der Waals surface area contributed by atoms with Crippen molar-refractivity contribution in [2.75, 3.05) is 0 Å². The van der Waals surface area contributed by atoms with Gasteiger partial charge in [0.15, 0.2) is 0 Å². The van der Waals surface area contributed by atoms with Crippen molar-refractivity contribution < 1.29 is 9.53 Å². The highest BCUT2D eigenvalue weighted by Gasteiger charge is 2.35. The maximum Gasteiger partial charge on any atom is 0.129 e. The molecule has 2 nitrogen and oxygen atoms in total. The molecule has 0 aliphatic carbocycles. The van der Waals surface area contributed by atoms with Gasteiger partial charge in [0.05, 0.1) is 12.2 Å². The maximum atomic E-state index is 11.0. The van der Waals surface area contributed by atoms with Crippen LogP contribution in [-0.4, -0.2) is 5.78 Å². The van der Waals surface area contributed by atoms with E-state index in [0.29, 0.717) is 13.0 Å². The van der Waals surface area contributed by atoms with Crippen LogP contribution < -0.4 is 0 Å². The highest BCUT2D eigenvalue weighted by atomic mass is 79.9. The highest BCUT2D eigenvalue weighted by Crippen LogP contribution is 2.40. The summed E-state index contributed by atoms with van der Waals surface area (Å²) in [5.74, 6) is 0.218. The molecule has 1 heterocycles. The van der Waals surface area contributed by atoms with Crippen molar-refractivity contribution in [2.24, 2.45) is 0 Å². The molecule has 1 aromatic carbocycles. The zero-order valence-electron chi connectivity index (χ0n) is 9.55. The largest absolute Gasteiger partial charge is 0.366 e. The Balaban J connectivity index is 2.24. The van der Waals surface area contributed by atoms with Gasteiger partial charge in [-0.3, -0.25) is 0 Å². The van der Waals surface area contributed by atoms with E-state index in [4.69, 9.17) is 4.74 Å². The fourth-order valence-corrected chi connectivity index (χ4v) is 2.54. The summed E-state index contributed by atoms with van der Waals surface area (Å²) in [6.07, 6.45) is 1.34. The lowest BCUT2D eigenvalue weighted by molar-refractivity contribution is -0.119. The van der Waals surface area contributed by atoms with Gasteiger partial charge in [0.25, 0.3) is 0 Å². The molecule has 3 heteroatoms. The Morgan fingerprint density at radius 3 is 3.00 bits per heavy atom. The van der Waals surface area contributed by atoms with Crippen LogP contribution in [0.5, 0.6) is 0 Å². The average molecular weight is 283 g/mol. The van der Waals surface area contributed by atoms with Gasteiger partial charge in [-0.15, -0.1) is 0 Å². The van der Waals surface area contributed by atoms with Gasteiger partial charge in [0.2, 0.25) is 0 Å². The Morgan fingerprint density at radius 1 is 1.56 bits per heavy atom. The van der Waals surface area contributed by atoms with E-state index in [0.717, 1.165) is 10.9 Å². The van der Waals surface area contributed by atoms with E-state index in [2.05, 4.69) is 35.0 Å². The number of ketones is 1. The van der Waals surface area contributed by atoms with Crippen molar-refractivity contribution in [3.8, 4) is 0 Å². The third-order valence-corrected chi connectivity index (χ3v) is 3.63. The molecule has 1 aliphatic rings. The molecule has 86 valence electrons. The first kappa shape index (κ1) is 11.8. The van der Waals surface area contributed by atoms with Gasteiger partial charge < -0.3 is 9.53 Å². The molecular weight excluding hydrogens is 268 g/mol. The lowest BCUT2D eigenvalue weighted by Gasteiger charge is -2.24. The standard InChI is InChI=1S/C13H15BrO2/c1-9(15)5-6-13(2)12-4-3-11(14)7-10(12)8-16-13/h3-4,7H,5-6,8H2,1-2H3. The summed E-state index contributed by atoms with van der Waals surface area (Å²) in [6, 6.07) is 6.21. The zero-order valence-corrected chi connectivity index (χ0v) is 11.1. The van der Waals surface area contributed by atoms with Gasteiger partial charge in [-0.2, -0.15) is 0 Å². The van der Waals surface area contributed by atoms with Gasteiger partial charge >= 0.3 is 0 Å². The minimum atomic E-state index is -0.290. The molecule has 1 aliphatic heterocycles. The van der Waals surface area contributed by atoms with Crippen LogP contribution in [0, 0.1) is 0 Å². The second-order valence-electron chi connectivity index (χ2n) is 4.52. The molecule has 0 amide bonds. The zero-order chi connectivity index (χ0) is 11.8. The Bertz CT molecular complexity index is 428. The van der Waals surface area contributed by atoms with E-state index in [-0.39, 0.29) is 11.4 Å².